The van der Waals surface area contributed by atoms with E-state index in [4.69, 9.17) is 0 Å². The van der Waals surface area contributed by atoms with Crippen LogP contribution in [0.15, 0.2) is 28.7 Å². The van der Waals surface area contributed by atoms with Gasteiger partial charge in [-0.2, -0.15) is 0 Å². The van der Waals surface area contributed by atoms with Crippen LogP contribution in [0.4, 0.5) is 0 Å². The van der Waals surface area contributed by atoms with Crippen LogP contribution in [0.1, 0.15) is 37.7 Å². The van der Waals surface area contributed by atoms with Crippen LogP contribution < -0.4 is 5.32 Å². The summed E-state index contributed by atoms with van der Waals surface area (Å²) in [4.78, 5) is 2.72. The molecule has 1 unspecified atom stereocenters. The Kier molecular flexibility index (Phi) is 5.14. The van der Waals surface area contributed by atoms with Crippen molar-refractivity contribution in [3.05, 3.63) is 34.3 Å². The molecule has 1 aliphatic heterocycles. The van der Waals surface area contributed by atoms with E-state index in [0.29, 0.717) is 0 Å². The molecule has 1 heterocycles. The molecule has 1 aliphatic carbocycles. The van der Waals surface area contributed by atoms with Crippen molar-refractivity contribution in [2.24, 2.45) is 5.92 Å². The summed E-state index contributed by atoms with van der Waals surface area (Å²) < 4.78 is 1.17. The quantitative estimate of drug-likeness (QED) is 0.902. The van der Waals surface area contributed by atoms with Crippen molar-refractivity contribution in [1.29, 1.82) is 0 Å². The first-order chi connectivity index (χ1) is 9.83. The van der Waals surface area contributed by atoms with Crippen LogP contribution in [0.25, 0.3) is 0 Å². The Bertz CT molecular complexity index is 412. The predicted octanol–water partition coefficient (Wildman–Crippen LogP) is 3.80. The highest BCUT2D eigenvalue weighted by Gasteiger charge is 2.30. The molecular formula is C17H25BrN2. The monoisotopic (exact) mass is 336 g/mol. The Morgan fingerprint density at radius 1 is 1.10 bits per heavy atom. The van der Waals surface area contributed by atoms with E-state index in [1.807, 2.05) is 0 Å². The molecule has 0 aromatic heterocycles. The summed E-state index contributed by atoms with van der Waals surface area (Å²) in [6, 6.07) is 9.57. The highest BCUT2D eigenvalue weighted by molar-refractivity contribution is 9.10. The molecule has 1 atom stereocenters. The van der Waals surface area contributed by atoms with Crippen molar-refractivity contribution in [2.75, 3.05) is 19.6 Å². The number of hydrogen-bond acceptors (Lipinski definition) is 2. The van der Waals surface area contributed by atoms with Crippen LogP contribution in [0, 0.1) is 5.92 Å². The normalized spacial score (nSPS) is 25.8. The van der Waals surface area contributed by atoms with Crippen LogP contribution in [0.5, 0.6) is 0 Å². The lowest BCUT2D eigenvalue weighted by Gasteiger charge is -2.42. The van der Waals surface area contributed by atoms with Gasteiger partial charge in [0.25, 0.3) is 0 Å². The second kappa shape index (κ2) is 7.06. The maximum atomic E-state index is 3.61. The minimum atomic E-state index is 0.743. The minimum Gasteiger partial charge on any atom is -0.314 e. The Morgan fingerprint density at radius 3 is 2.60 bits per heavy atom. The maximum Gasteiger partial charge on any atom is 0.0252 e. The van der Waals surface area contributed by atoms with Gasteiger partial charge in [0.15, 0.2) is 0 Å². The van der Waals surface area contributed by atoms with Crippen LogP contribution in [-0.2, 0) is 6.54 Å². The number of nitrogens with one attached hydrogen (secondary N) is 1. The molecule has 0 amide bonds. The first-order valence-corrected chi connectivity index (χ1v) is 8.81. The molecule has 2 nitrogen and oxygen atoms in total. The Morgan fingerprint density at radius 2 is 1.85 bits per heavy atom. The van der Waals surface area contributed by atoms with Gasteiger partial charge in [-0.1, -0.05) is 47.3 Å². The second-order valence-corrected chi connectivity index (χ2v) is 7.18. The van der Waals surface area contributed by atoms with Crippen molar-refractivity contribution >= 4 is 15.9 Å². The third kappa shape index (κ3) is 3.63. The van der Waals surface area contributed by atoms with Gasteiger partial charge in [-0.3, -0.25) is 4.90 Å². The lowest BCUT2D eigenvalue weighted by molar-refractivity contribution is 0.0860. The summed E-state index contributed by atoms with van der Waals surface area (Å²) >= 11 is 3.52. The molecule has 20 heavy (non-hydrogen) atoms. The van der Waals surface area contributed by atoms with Crippen molar-refractivity contribution in [2.45, 2.75) is 44.7 Å². The van der Waals surface area contributed by atoms with Crippen LogP contribution in [0.2, 0.25) is 0 Å². The zero-order valence-electron chi connectivity index (χ0n) is 12.2. The molecule has 0 bridgehead atoms. The average Bonchev–Trinajstić information content (AvgIpc) is 2.51. The maximum absolute atomic E-state index is 3.61. The summed E-state index contributed by atoms with van der Waals surface area (Å²) in [7, 11) is 0. The van der Waals surface area contributed by atoms with Gasteiger partial charge in [0.2, 0.25) is 0 Å². The first kappa shape index (κ1) is 14.6. The number of halogens is 1. The lowest BCUT2D eigenvalue weighted by Crippen LogP contribution is -2.54. The largest absolute Gasteiger partial charge is 0.314 e. The van der Waals surface area contributed by atoms with Gasteiger partial charge in [-0.15, -0.1) is 0 Å². The summed E-state index contributed by atoms with van der Waals surface area (Å²) in [5, 5.41) is 3.61. The van der Waals surface area contributed by atoms with Gasteiger partial charge < -0.3 is 5.32 Å². The third-order valence-electron chi connectivity index (χ3n) is 4.89. The summed E-state index contributed by atoms with van der Waals surface area (Å²) in [5.74, 6) is 0.909. The van der Waals surface area contributed by atoms with E-state index >= 15 is 0 Å². The smallest absolute Gasteiger partial charge is 0.0252 e. The van der Waals surface area contributed by atoms with Gasteiger partial charge in [0.05, 0.1) is 0 Å². The van der Waals surface area contributed by atoms with Gasteiger partial charge in [-0.25, -0.2) is 0 Å². The van der Waals surface area contributed by atoms with E-state index in [2.05, 4.69) is 50.4 Å². The van der Waals surface area contributed by atoms with E-state index in [0.717, 1.165) is 25.0 Å². The first-order valence-electron chi connectivity index (χ1n) is 8.02. The number of hydrogen-bond donors (Lipinski definition) is 1. The van der Waals surface area contributed by atoms with Crippen LogP contribution >= 0.6 is 15.9 Å². The molecule has 1 saturated carbocycles. The molecular weight excluding hydrogens is 312 g/mol. The Labute approximate surface area is 131 Å². The molecule has 1 aromatic carbocycles. The molecule has 1 N–H and O–H groups in total. The standard InChI is InChI=1S/C17H25BrN2/c18-16-8-6-14(7-9-16)13-20-11-10-19-12-17(20)15-4-2-1-3-5-15/h6-9,15,17,19H,1-5,10-13H2. The Balaban J connectivity index is 1.66. The van der Waals surface area contributed by atoms with E-state index in [-0.39, 0.29) is 0 Å². The topological polar surface area (TPSA) is 15.3 Å². The van der Waals surface area contributed by atoms with Crippen molar-refractivity contribution in [3.63, 3.8) is 0 Å². The zero-order chi connectivity index (χ0) is 13.8. The molecule has 3 rings (SSSR count). The number of nitrogens with zero attached hydrogens (tertiary/aromatic N) is 1. The van der Waals surface area contributed by atoms with Crippen molar-refractivity contribution in [1.82, 2.24) is 10.2 Å². The predicted molar refractivity (Wildman–Crippen MR) is 87.8 cm³/mol. The molecule has 3 heteroatoms. The van der Waals surface area contributed by atoms with Gasteiger partial charge in [-0.05, 0) is 36.5 Å². The molecule has 2 fully saturated rings. The summed E-state index contributed by atoms with van der Waals surface area (Å²) in [5.41, 5.74) is 1.44. The fourth-order valence-corrected chi connectivity index (χ4v) is 4.04. The van der Waals surface area contributed by atoms with Gasteiger partial charge in [0.1, 0.15) is 0 Å². The highest BCUT2D eigenvalue weighted by atomic mass is 79.9. The SMILES string of the molecule is Brc1ccc(CN2CCNCC2C2CCCCC2)cc1. The van der Waals surface area contributed by atoms with E-state index in [1.165, 1.54) is 55.2 Å². The molecule has 1 saturated heterocycles. The second-order valence-electron chi connectivity index (χ2n) is 6.27. The number of piperazine rings is 1. The number of benzene rings is 1. The van der Waals surface area contributed by atoms with E-state index in [9.17, 15) is 0 Å². The summed E-state index contributed by atoms with van der Waals surface area (Å²) in [6.07, 6.45) is 7.19. The van der Waals surface area contributed by atoms with Crippen LogP contribution in [-0.4, -0.2) is 30.6 Å². The van der Waals surface area contributed by atoms with E-state index < -0.39 is 0 Å². The lowest BCUT2D eigenvalue weighted by atomic mass is 9.82. The van der Waals surface area contributed by atoms with Gasteiger partial charge >= 0.3 is 0 Å². The van der Waals surface area contributed by atoms with Crippen molar-refractivity contribution in [3.8, 4) is 0 Å². The zero-order valence-corrected chi connectivity index (χ0v) is 13.7. The fraction of sp³-hybridized carbons (Fsp3) is 0.647. The highest BCUT2D eigenvalue weighted by Crippen LogP contribution is 2.30. The average molecular weight is 337 g/mol. The minimum absolute atomic E-state index is 0.743. The molecule has 0 spiro atoms. The molecule has 110 valence electrons. The van der Waals surface area contributed by atoms with Crippen LogP contribution in [0.3, 0.4) is 0 Å². The Hall–Kier alpha value is -0.380. The van der Waals surface area contributed by atoms with Gasteiger partial charge in [0, 0.05) is 36.7 Å². The third-order valence-corrected chi connectivity index (χ3v) is 5.42. The van der Waals surface area contributed by atoms with E-state index in [1.54, 1.807) is 0 Å². The molecule has 1 aromatic rings. The fourth-order valence-electron chi connectivity index (χ4n) is 3.77. The van der Waals surface area contributed by atoms with Crippen molar-refractivity contribution < 1.29 is 0 Å². The number of rotatable bonds is 3. The molecule has 2 aliphatic rings. The molecule has 0 radical (unpaired) electrons. The summed E-state index contributed by atoms with van der Waals surface area (Å²) in [6.45, 7) is 4.62.